The summed E-state index contributed by atoms with van der Waals surface area (Å²) in [4.78, 5) is 49.9. The maximum atomic E-state index is 13.6. The summed E-state index contributed by atoms with van der Waals surface area (Å²) in [5.41, 5.74) is 1.55. The van der Waals surface area contributed by atoms with Gasteiger partial charge in [0.05, 0.1) is 0 Å². The molecule has 0 spiro atoms. The number of carbonyl (C=O) groups is 4. The minimum absolute atomic E-state index is 0.00302. The molecule has 3 N–H and O–H groups in total. The topological polar surface area (TPSA) is 116 Å². The molecule has 3 aromatic carbocycles. The van der Waals surface area contributed by atoms with Crippen LogP contribution in [0, 0.1) is 0 Å². The molecule has 0 bridgehead atoms. The van der Waals surface area contributed by atoms with Gasteiger partial charge in [-0.15, -0.1) is 12.6 Å². The van der Waals surface area contributed by atoms with Crippen molar-refractivity contribution in [3.05, 3.63) is 108 Å². The van der Waals surface area contributed by atoms with E-state index < -0.39 is 34.4 Å². The standard InChI is InChI=1S/C30H31N3O5S/c1-2-20-29(39,27(36)37)33-26(35)24(31-28(33)38)18-19-25(34)32-30(21-12-6-3-7-13-21,22-14-8-4-9-15-22)23-16-10-5-11-17-23/h3-17,24,39H,2,18-20H2,1H3,(H,31,38)(H,32,34)(H,36,37). The average molecular weight is 546 g/mol. The van der Waals surface area contributed by atoms with Crippen LogP contribution in [0.5, 0.6) is 0 Å². The van der Waals surface area contributed by atoms with Gasteiger partial charge in [0.2, 0.25) is 5.91 Å². The van der Waals surface area contributed by atoms with E-state index in [1.165, 1.54) is 0 Å². The fourth-order valence-corrected chi connectivity index (χ4v) is 5.48. The molecule has 1 fully saturated rings. The summed E-state index contributed by atoms with van der Waals surface area (Å²) >= 11 is 4.20. The molecule has 39 heavy (non-hydrogen) atoms. The molecule has 0 saturated carbocycles. The predicted molar refractivity (Wildman–Crippen MR) is 150 cm³/mol. The van der Waals surface area contributed by atoms with Crippen LogP contribution in [-0.2, 0) is 19.9 Å². The fraction of sp³-hybridized carbons (Fsp3) is 0.267. The zero-order valence-corrected chi connectivity index (χ0v) is 22.4. The van der Waals surface area contributed by atoms with E-state index in [9.17, 15) is 24.3 Å². The van der Waals surface area contributed by atoms with Crippen molar-refractivity contribution >= 4 is 36.4 Å². The number of nitrogens with zero attached hydrogens (tertiary/aromatic N) is 1. The number of amides is 4. The van der Waals surface area contributed by atoms with Gasteiger partial charge in [-0.3, -0.25) is 9.59 Å². The van der Waals surface area contributed by atoms with Crippen molar-refractivity contribution in [3.63, 3.8) is 0 Å². The van der Waals surface area contributed by atoms with Crippen LogP contribution < -0.4 is 10.6 Å². The summed E-state index contributed by atoms with van der Waals surface area (Å²) in [6, 6.07) is 27.0. The van der Waals surface area contributed by atoms with Gasteiger partial charge in [-0.05, 0) is 29.5 Å². The maximum absolute atomic E-state index is 13.6. The first kappa shape index (κ1) is 27.9. The fourth-order valence-electron chi connectivity index (χ4n) is 5.07. The Bertz CT molecular complexity index is 1240. The predicted octanol–water partition coefficient (Wildman–Crippen LogP) is 4.31. The lowest BCUT2D eigenvalue weighted by Gasteiger charge is -2.37. The van der Waals surface area contributed by atoms with Crippen molar-refractivity contribution in [1.29, 1.82) is 0 Å². The molecule has 4 amide bonds. The summed E-state index contributed by atoms with van der Waals surface area (Å²) in [6.07, 6.45) is 0.308. The van der Waals surface area contributed by atoms with Gasteiger partial charge in [0.25, 0.3) is 5.91 Å². The van der Waals surface area contributed by atoms with Crippen LogP contribution in [0.1, 0.15) is 49.3 Å². The monoisotopic (exact) mass is 545 g/mol. The lowest BCUT2D eigenvalue weighted by molar-refractivity contribution is -0.149. The third-order valence-corrected chi connectivity index (χ3v) is 7.55. The molecule has 3 aromatic rings. The van der Waals surface area contributed by atoms with E-state index in [-0.39, 0.29) is 25.2 Å². The van der Waals surface area contributed by atoms with Crippen LogP contribution in [-0.4, -0.2) is 44.7 Å². The van der Waals surface area contributed by atoms with Crippen molar-refractivity contribution in [1.82, 2.24) is 15.5 Å². The van der Waals surface area contributed by atoms with E-state index in [0.29, 0.717) is 11.3 Å². The number of nitrogens with one attached hydrogen (secondary N) is 2. The number of urea groups is 1. The van der Waals surface area contributed by atoms with Gasteiger partial charge in [-0.2, -0.15) is 0 Å². The van der Waals surface area contributed by atoms with Gasteiger partial charge in [-0.1, -0.05) is 104 Å². The van der Waals surface area contributed by atoms with Gasteiger partial charge in [0.15, 0.2) is 4.87 Å². The molecule has 4 rings (SSSR count). The quantitative estimate of drug-likeness (QED) is 0.163. The average Bonchev–Trinajstić information content (AvgIpc) is 3.25. The van der Waals surface area contributed by atoms with E-state index in [2.05, 4.69) is 23.3 Å². The first-order valence-corrected chi connectivity index (χ1v) is 13.3. The largest absolute Gasteiger partial charge is 0.479 e. The summed E-state index contributed by atoms with van der Waals surface area (Å²) in [7, 11) is 0. The van der Waals surface area contributed by atoms with E-state index in [1.807, 2.05) is 91.0 Å². The number of carbonyl (C=O) groups excluding carboxylic acids is 3. The van der Waals surface area contributed by atoms with E-state index in [0.717, 1.165) is 16.7 Å². The lowest BCUT2D eigenvalue weighted by atomic mass is 9.77. The van der Waals surface area contributed by atoms with Crippen LogP contribution in [0.15, 0.2) is 91.0 Å². The first-order chi connectivity index (χ1) is 18.7. The van der Waals surface area contributed by atoms with Gasteiger partial charge < -0.3 is 15.7 Å². The third kappa shape index (κ3) is 5.40. The second kappa shape index (κ2) is 11.7. The molecular formula is C30H31N3O5S. The number of benzene rings is 3. The molecular weight excluding hydrogens is 514 g/mol. The SMILES string of the molecule is CCCC(S)(C(=O)O)N1C(=O)NC(CCC(=O)NC(c2ccccc2)(c2ccccc2)c2ccccc2)C1=O. The lowest BCUT2D eigenvalue weighted by Crippen LogP contribution is -2.54. The van der Waals surface area contributed by atoms with Gasteiger partial charge >= 0.3 is 12.0 Å². The third-order valence-electron chi connectivity index (χ3n) is 6.94. The highest BCUT2D eigenvalue weighted by atomic mass is 32.1. The number of hydrogen-bond acceptors (Lipinski definition) is 5. The Morgan fingerprint density at radius 3 is 1.77 bits per heavy atom. The normalized spacial score (nSPS) is 16.9. The Hall–Kier alpha value is -4.11. The van der Waals surface area contributed by atoms with E-state index >= 15 is 0 Å². The molecule has 1 heterocycles. The molecule has 1 saturated heterocycles. The van der Waals surface area contributed by atoms with E-state index in [1.54, 1.807) is 6.92 Å². The Morgan fingerprint density at radius 1 is 0.897 bits per heavy atom. The molecule has 2 atom stereocenters. The van der Waals surface area contributed by atoms with Crippen molar-refractivity contribution in [2.24, 2.45) is 0 Å². The van der Waals surface area contributed by atoms with Gasteiger partial charge in [-0.25, -0.2) is 14.5 Å². The molecule has 1 aliphatic rings. The molecule has 2 unspecified atom stereocenters. The zero-order valence-electron chi connectivity index (χ0n) is 21.5. The van der Waals surface area contributed by atoms with Crippen molar-refractivity contribution in [3.8, 4) is 0 Å². The number of thiol groups is 1. The van der Waals surface area contributed by atoms with Crippen LogP contribution in [0.3, 0.4) is 0 Å². The van der Waals surface area contributed by atoms with Crippen molar-refractivity contribution < 1.29 is 24.3 Å². The Kier molecular flexibility index (Phi) is 8.40. The molecule has 1 aliphatic heterocycles. The van der Waals surface area contributed by atoms with Gasteiger partial charge in [0.1, 0.15) is 11.6 Å². The number of aliphatic carboxylic acids is 1. The summed E-state index contributed by atoms with van der Waals surface area (Å²) in [5.74, 6) is -2.43. The molecule has 202 valence electrons. The second-order valence-corrected chi connectivity index (χ2v) is 10.2. The molecule has 0 aromatic heterocycles. The molecule has 9 heteroatoms. The number of carboxylic acid groups (broad SMARTS) is 1. The van der Waals surface area contributed by atoms with Crippen molar-refractivity contribution in [2.75, 3.05) is 0 Å². The summed E-state index contributed by atoms with van der Waals surface area (Å²) in [6.45, 7) is 1.74. The van der Waals surface area contributed by atoms with Crippen LogP contribution in [0.4, 0.5) is 4.79 Å². The van der Waals surface area contributed by atoms with E-state index in [4.69, 9.17) is 0 Å². The first-order valence-electron chi connectivity index (χ1n) is 12.8. The second-order valence-electron chi connectivity index (χ2n) is 9.48. The van der Waals surface area contributed by atoms with Crippen LogP contribution in [0.25, 0.3) is 0 Å². The summed E-state index contributed by atoms with van der Waals surface area (Å²) in [5, 5.41) is 15.5. The Balaban J connectivity index is 1.61. The van der Waals surface area contributed by atoms with Gasteiger partial charge in [0, 0.05) is 6.42 Å². The Labute approximate surface area is 232 Å². The zero-order chi connectivity index (χ0) is 28.0. The molecule has 8 nitrogen and oxygen atoms in total. The number of imide groups is 1. The van der Waals surface area contributed by atoms with Crippen molar-refractivity contribution in [2.45, 2.75) is 49.1 Å². The number of hydrogen-bond donors (Lipinski definition) is 4. The minimum atomic E-state index is -1.96. The number of rotatable bonds is 11. The van der Waals surface area contributed by atoms with Crippen LogP contribution >= 0.6 is 12.6 Å². The highest BCUT2D eigenvalue weighted by Crippen LogP contribution is 2.37. The van der Waals surface area contributed by atoms with Crippen LogP contribution in [0.2, 0.25) is 0 Å². The molecule has 0 aliphatic carbocycles. The summed E-state index contributed by atoms with van der Waals surface area (Å²) < 4.78 is 0. The minimum Gasteiger partial charge on any atom is -0.479 e. The molecule has 0 radical (unpaired) electrons. The highest BCUT2D eigenvalue weighted by Gasteiger charge is 2.52. The smallest absolute Gasteiger partial charge is 0.340 e. The maximum Gasteiger partial charge on any atom is 0.340 e. The number of carboxylic acids is 1. The Morgan fingerprint density at radius 2 is 1.36 bits per heavy atom. The highest BCUT2D eigenvalue weighted by molar-refractivity contribution is 7.82.